The van der Waals surface area contributed by atoms with Gasteiger partial charge in [0.1, 0.15) is 11.6 Å². The number of likely N-dealkylation sites (N-methyl/N-ethyl adjacent to an activating group) is 1. The van der Waals surface area contributed by atoms with Crippen molar-refractivity contribution >= 4 is 23.3 Å². The minimum Gasteiger partial charge on any atom is -0.463 e. The summed E-state index contributed by atoms with van der Waals surface area (Å²) in [5.74, 6) is -2.76. The number of ether oxygens (including phenoxy) is 4. The number of nitro benzene ring substituents is 1. The predicted octanol–water partition coefficient (Wildman–Crippen LogP) is 3.71. The molecule has 0 fully saturated rings. The van der Waals surface area contributed by atoms with Crippen molar-refractivity contribution < 1.29 is 38.4 Å². The molecule has 1 amide bonds. The van der Waals surface area contributed by atoms with E-state index in [1.54, 1.807) is 33.3 Å². The van der Waals surface area contributed by atoms with Gasteiger partial charge >= 0.3 is 35.1 Å². The average Bonchev–Trinajstić information content (AvgIpc) is 3.55. The van der Waals surface area contributed by atoms with Crippen LogP contribution < -0.4 is 14.2 Å². The number of rotatable bonds is 13. The first-order valence-electron chi connectivity index (χ1n) is 13.2. The summed E-state index contributed by atoms with van der Waals surface area (Å²) in [7, 11) is 3.16. The average molecular weight is 633 g/mol. The Bertz CT molecular complexity index is 1840. The van der Waals surface area contributed by atoms with E-state index >= 15 is 0 Å². The lowest BCUT2D eigenvalue weighted by atomic mass is 10.1. The van der Waals surface area contributed by atoms with Gasteiger partial charge in [0.25, 0.3) is 0 Å². The number of hydrogen-bond acceptors (Lipinski definition) is 14. The lowest BCUT2D eigenvalue weighted by Gasteiger charge is -2.14. The molecule has 0 spiro atoms. The Morgan fingerprint density at radius 1 is 1.04 bits per heavy atom. The molecule has 2 aromatic heterocycles. The summed E-state index contributed by atoms with van der Waals surface area (Å²) in [6.07, 6.45) is 3.00. The van der Waals surface area contributed by atoms with Gasteiger partial charge in [-0.1, -0.05) is 0 Å². The summed E-state index contributed by atoms with van der Waals surface area (Å²) in [5, 5.41) is 33.2. The first-order valence-corrected chi connectivity index (χ1v) is 13.2. The van der Waals surface area contributed by atoms with Gasteiger partial charge in [0.2, 0.25) is 11.7 Å². The van der Waals surface area contributed by atoms with Crippen LogP contribution in [-0.4, -0.2) is 73.9 Å². The van der Waals surface area contributed by atoms with Gasteiger partial charge in [-0.05, 0) is 36.8 Å². The molecule has 0 saturated carbocycles. The molecule has 0 unspecified atom stereocenters. The van der Waals surface area contributed by atoms with Crippen LogP contribution in [0.1, 0.15) is 18.1 Å². The number of hydrogen-bond donors (Lipinski definition) is 1. The fourth-order valence-electron chi connectivity index (χ4n) is 3.84. The van der Waals surface area contributed by atoms with Gasteiger partial charge < -0.3 is 28.8 Å². The fraction of sp³-hybridized carbons (Fsp3) is 0.214. The maximum atomic E-state index is 12.5. The number of imidazole rings is 1. The normalized spacial score (nSPS) is 10.4. The number of esters is 1. The van der Waals surface area contributed by atoms with Crippen molar-refractivity contribution in [2.75, 3.05) is 27.3 Å². The Balaban J connectivity index is 1.86. The van der Waals surface area contributed by atoms with Gasteiger partial charge in [-0.15, -0.1) is 0 Å². The molecule has 18 heteroatoms. The summed E-state index contributed by atoms with van der Waals surface area (Å²) in [6, 6.07) is 8.94. The highest BCUT2D eigenvalue weighted by molar-refractivity contribution is 5.79. The molecule has 0 saturated heterocycles. The predicted molar refractivity (Wildman–Crippen MR) is 155 cm³/mol. The smallest absolute Gasteiger partial charge is 0.392 e. The summed E-state index contributed by atoms with van der Waals surface area (Å²) in [4.78, 5) is 63.0. The van der Waals surface area contributed by atoms with Gasteiger partial charge in [-0.2, -0.15) is 15.2 Å². The van der Waals surface area contributed by atoms with Crippen LogP contribution in [0.15, 0.2) is 48.8 Å². The maximum absolute atomic E-state index is 12.5. The van der Waals surface area contributed by atoms with Crippen LogP contribution in [0.3, 0.4) is 0 Å². The first kappa shape index (κ1) is 32.3. The van der Waals surface area contributed by atoms with Gasteiger partial charge in [-0.25, -0.2) is 9.78 Å². The second-order valence-corrected chi connectivity index (χ2v) is 9.34. The van der Waals surface area contributed by atoms with Crippen molar-refractivity contribution in [1.82, 2.24) is 24.8 Å². The number of aromatic nitrogens is 4. The number of nitrogens with zero attached hydrogens (tertiary/aromatic N) is 7. The number of benzene rings is 2. The molecule has 0 aliphatic rings. The van der Waals surface area contributed by atoms with Crippen molar-refractivity contribution in [2.45, 2.75) is 13.3 Å². The maximum Gasteiger partial charge on any atom is 0.392 e. The zero-order valence-corrected chi connectivity index (χ0v) is 24.5. The molecule has 2 heterocycles. The zero-order chi connectivity index (χ0) is 33.4. The van der Waals surface area contributed by atoms with E-state index in [0.717, 1.165) is 12.1 Å². The van der Waals surface area contributed by atoms with E-state index in [1.165, 1.54) is 29.3 Å². The zero-order valence-electron chi connectivity index (χ0n) is 24.5. The van der Waals surface area contributed by atoms with Gasteiger partial charge in [0, 0.05) is 44.2 Å². The van der Waals surface area contributed by atoms with Crippen molar-refractivity contribution in [3.8, 4) is 46.7 Å². The van der Waals surface area contributed by atoms with Gasteiger partial charge in [-0.3, -0.25) is 25.0 Å². The quantitative estimate of drug-likeness (QED) is 0.126. The van der Waals surface area contributed by atoms with Crippen LogP contribution >= 0.6 is 0 Å². The van der Waals surface area contributed by atoms with E-state index in [4.69, 9.17) is 18.9 Å². The standard InChI is InChI=1S/C28H24N8O10/c1-4-43-23(38)15-44-26-24(36(41)42)27(33-28(32-26)46-21-11-16(14-29)5-6-20(21)35(39)40)45-19-10-17(12-22(37)34(2)3)9-18(13-19)25-30-7-8-31-25/h5-11,13H,4,12,15H2,1-3H3,(H,30,31). The number of aromatic amines is 1. The molecule has 0 aliphatic carbocycles. The molecule has 46 heavy (non-hydrogen) atoms. The molecular formula is C28H24N8O10. The van der Waals surface area contributed by atoms with Gasteiger partial charge in [0.15, 0.2) is 6.61 Å². The van der Waals surface area contributed by atoms with Crippen molar-refractivity contribution in [3.05, 3.63) is 80.1 Å². The molecule has 2 aromatic carbocycles. The van der Waals surface area contributed by atoms with E-state index in [2.05, 4.69) is 19.9 Å². The number of carbonyl (C=O) groups is 2. The Hall–Kier alpha value is -6.64. The van der Waals surface area contributed by atoms with Crippen LogP contribution in [0.5, 0.6) is 29.3 Å². The minimum atomic E-state index is -0.925. The molecule has 0 radical (unpaired) electrons. The van der Waals surface area contributed by atoms with Gasteiger partial charge in [0.05, 0.1) is 34.5 Å². The van der Waals surface area contributed by atoms with Crippen LogP contribution in [0.2, 0.25) is 0 Å². The summed E-state index contributed by atoms with van der Waals surface area (Å²) in [5.41, 5.74) is -0.587. The molecule has 4 rings (SSSR count). The molecule has 4 aromatic rings. The van der Waals surface area contributed by atoms with E-state index in [1.807, 2.05) is 6.07 Å². The fourth-order valence-corrected chi connectivity index (χ4v) is 3.84. The molecular weight excluding hydrogens is 608 g/mol. The summed E-state index contributed by atoms with van der Waals surface area (Å²) in [6.45, 7) is 0.738. The first-order chi connectivity index (χ1) is 22.0. The number of carbonyl (C=O) groups excluding carboxylic acids is 2. The molecule has 1 N–H and O–H groups in total. The third-order valence-electron chi connectivity index (χ3n) is 5.91. The minimum absolute atomic E-state index is 0.000348. The molecule has 0 bridgehead atoms. The van der Waals surface area contributed by atoms with E-state index in [0.29, 0.717) is 17.0 Å². The SMILES string of the molecule is CCOC(=O)COc1nc(Oc2cc(C#N)ccc2[N+](=O)[O-])nc(Oc2cc(CC(=O)N(C)C)cc(-c3ncc[nH]3)c2)c1[N+](=O)[O-]. The number of nitro groups is 2. The summed E-state index contributed by atoms with van der Waals surface area (Å²) >= 11 is 0. The molecule has 236 valence electrons. The third kappa shape index (κ3) is 7.84. The molecule has 0 aliphatic heterocycles. The van der Waals surface area contributed by atoms with E-state index in [-0.39, 0.29) is 30.2 Å². The van der Waals surface area contributed by atoms with Crippen LogP contribution in [0.25, 0.3) is 11.4 Å². The lowest BCUT2D eigenvalue weighted by molar-refractivity contribution is -0.387. The Morgan fingerprint density at radius 2 is 1.80 bits per heavy atom. The van der Waals surface area contributed by atoms with Crippen molar-refractivity contribution in [1.29, 1.82) is 5.26 Å². The van der Waals surface area contributed by atoms with E-state index in [9.17, 15) is 35.1 Å². The highest BCUT2D eigenvalue weighted by Gasteiger charge is 2.31. The highest BCUT2D eigenvalue weighted by atomic mass is 16.6. The largest absolute Gasteiger partial charge is 0.463 e. The topological polar surface area (TPSA) is 239 Å². The second-order valence-electron chi connectivity index (χ2n) is 9.34. The van der Waals surface area contributed by atoms with Crippen LogP contribution in [0, 0.1) is 31.6 Å². The molecule has 0 atom stereocenters. The highest BCUT2D eigenvalue weighted by Crippen LogP contribution is 2.41. The second kappa shape index (κ2) is 14.2. The number of nitrogens with one attached hydrogen (secondary N) is 1. The van der Waals surface area contributed by atoms with Crippen molar-refractivity contribution in [3.63, 3.8) is 0 Å². The van der Waals surface area contributed by atoms with Crippen molar-refractivity contribution in [2.24, 2.45) is 0 Å². The number of H-pyrrole nitrogens is 1. The Labute approximate surface area is 259 Å². The lowest BCUT2D eigenvalue weighted by Crippen LogP contribution is -2.23. The number of nitriles is 1. The third-order valence-corrected chi connectivity index (χ3v) is 5.91. The number of amides is 1. The van der Waals surface area contributed by atoms with Crippen LogP contribution in [0.4, 0.5) is 11.4 Å². The Morgan fingerprint density at radius 3 is 2.43 bits per heavy atom. The molecule has 18 nitrogen and oxygen atoms in total. The van der Waals surface area contributed by atoms with Crippen LogP contribution in [-0.2, 0) is 20.7 Å². The van der Waals surface area contributed by atoms with E-state index < -0.39 is 57.3 Å². The summed E-state index contributed by atoms with van der Waals surface area (Å²) < 4.78 is 21.5. The monoisotopic (exact) mass is 632 g/mol. The Kier molecular flexibility index (Phi) is 9.98.